The van der Waals surface area contributed by atoms with Crippen LogP contribution in [0.4, 0.5) is 20.2 Å². The smallest absolute Gasteiger partial charge is 0.339 e. The Kier molecular flexibility index (Phi) is 5.89. The van der Waals surface area contributed by atoms with E-state index < -0.39 is 17.6 Å². The predicted octanol–water partition coefficient (Wildman–Crippen LogP) is 3.34. The van der Waals surface area contributed by atoms with Gasteiger partial charge in [0.05, 0.1) is 5.69 Å². The van der Waals surface area contributed by atoms with Crippen LogP contribution in [0.15, 0.2) is 30.3 Å². The third-order valence-corrected chi connectivity index (χ3v) is 2.99. The maximum atomic E-state index is 13.0. The molecule has 0 saturated carbocycles. The Labute approximate surface area is 132 Å². The number of carbonyl (C=O) groups is 1. The van der Waals surface area contributed by atoms with Gasteiger partial charge in [-0.3, -0.25) is 0 Å². The summed E-state index contributed by atoms with van der Waals surface area (Å²) in [6, 6.07) is 6.05. The van der Waals surface area contributed by atoms with Crippen molar-refractivity contribution in [2.45, 2.75) is 19.8 Å². The van der Waals surface area contributed by atoms with Gasteiger partial charge in [-0.05, 0) is 35.7 Å². The zero-order chi connectivity index (χ0) is 17.7. The lowest BCUT2D eigenvalue weighted by atomic mass is 10.0. The molecule has 0 atom stereocenters. The second kappa shape index (κ2) is 7.44. The van der Waals surface area contributed by atoms with Gasteiger partial charge in [0.2, 0.25) is 0 Å². The molecule has 0 aliphatic rings. The van der Waals surface area contributed by atoms with Crippen LogP contribution in [0.1, 0.15) is 35.7 Å². The molecule has 0 aliphatic carbocycles. The molecule has 0 bridgehead atoms. The van der Waals surface area contributed by atoms with Crippen LogP contribution in [0.2, 0.25) is 0 Å². The number of nitrogen functional groups attached to an aromatic ring is 2. The van der Waals surface area contributed by atoms with Gasteiger partial charge >= 0.3 is 5.97 Å². The summed E-state index contributed by atoms with van der Waals surface area (Å²) in [6.07, 6.45) is 0. The van der Waals surface area contributed by atoms with Gasteiger partial charge in [0.15, 0.2) is 0 Å². The normalized spacial score (nSPS) is 10.1. The Hall–Kier alpha value is -2.83. The molecule has 5 nitrogen and oxygen atoms in total. The lowest BCUT2D eigenvalue weighted by Crippen LogP contribution is -1.98. The van der Waals surface area contributed by atoms with Gasteiger partial charge in [-0.25, -0.2) is 13.6 Å². The van der Waals surface area contributed by atoms with E-state index in [0.717, 1.165) is 6.07 Å². The molecule has 7 heteroatoms. The van der Waals surface area contributed by atoms with Gasteiger partial charge in [0.1, 0.15) is 22.9 Å². The molecule has 0 saturated heterocycles. The van der Waals surface area contributed by atoms with E-state index in [1.807, 2.05) is 13.8 Å². The maximum Gasteiger partial charge on any atom is 0.339 e. The number of halogens is 2. The monoisotopic (exact) mass is 324 g/mol. The van der Waals surface area contributed by atoms with E-state index in [9.17, 15) is 13.6 Å². The van der Waals surface area contributed by atoms with Crippen LogP contribution in [0.3, 0.4) is 0 Å². The summed E-state index contributed by atoms with van der Waals surface area (Å²) in [5, 5.41) is 17.4. The molecule has 0 fully saturated rings. The summed E-state index contributed by atoms with van der Waals surface area (Å²) in [7, 11) is 0. The summed E-state index contributed by atoms with van der Waals surface area (Å²) in [5.74, 6) is -2.66. The molecule has 0 spiro atoms. The molecule has 124 valence electrons. The maximum absolute atomic E-state index is 13.0. The highest BCUT2D eigenvalue weighted by Crippen LogP contribution is 2.23. The summed E-state index contributed by atoms with van der Waals surface area (Å²) >= 11 is 0. The third kappa shape index (κ3) is 4.84. The molecule has 0 unspecified atom stereocenters. The van der Waals surface area contributed by atoms with Crippen molar-refractivity contribution in [1.82, 2.24) is 0 Å². The van der Waals surface area contributed by atoms with Gasteiger partial charge in [0.25, 0.3) is 0 Å². The van der Waals surface area contributed by atoms with E-state index >= 15 is 0 Å². The highest BCUT2D eigenvalue weighted by atomic mass is 19.1. The highest BCUT2D eigenvalue weighted by Gasteiger charge is 2.10. The first-order valence-corrected chi connectivity index (χ1v) is 6.69. The standard InChI is InChI=1S/C9H11F2N.C7H7NO3/c1-5(2)6-3-9(12)8(11)4-7(6)10;8-4-1-2-6(9)5(3-4)7(10)11/h3-5H,12H2,1-2H3;1-3,9H,8H2,(H,10,11). The SMILES string of the molecule is CC(C)c1cc(N)c(F)cc1F.Nc1ccc(O)c(C(=O)O)c1. The Morgan fingerprint density at radius 1 is 1.09 bits per heavy atom. The fraction of sp³-hybridized carbons (Fsp3) is 0.188. The molecule has 0 aromatic heterocycles. The van der Waals surface area contributed by atoms with E-state index in [4.69, 9.17) is 21.7 Å². The molecule has 0 aliphatic heterocycles. The first-order chi connectivity index (χ1) is 10.6. The van der Waals surface area contributed by atoms with E-state index in [-0.39, 0.29) is 22.9 Å². The van der Waals surface area contributed by atoms with Crippen molar-refractivity contribution in [3.8, 4) is 5.75 Å². The van der Waals surface area contributed by atoms with Gasteiger partial charge in [-0.1, -0.05) is 13.8 Å². The number of rotatable bonds is 2. The van der Waals surface area contributed by atoms with Crippen LogP contribution in [0, 0.1) is 11.6 Å². The number of hydrogen-bond donors (Lipinski definition) is 4. The van der Waals surface area contributed by atoms with Crippen molar-refractivity contribution in [2.75, 3.05) is 11.5 Å². The van der Waals surface area contributed by atoms with Gasteiger partial charge in [0, 0.05) is 11.8 Å². The Morgan fingerprint density at radius 3 is 2.17 bits per heavy atom. The fourth-order valence-corrected chi connectivity index (χ4v) is 1.75. The number of carboxylic acid groups (broad SMARTS) is 1. The molecule has 0 heterocycles. The minimum absolute atomic E-state index is 0.0000926. The van der Waals surface area contributed by atoms with E-state index in [2.05, 4.69) is 0 Å². The summed E-state index contributed by atoms with van der Waals surface area (Å²) in [4.78, 5) is 10.4. The van der Waals surface area contributed by atoms with Crippen LogP contribution < -0.4 is 11.5 Å². The Bertz CT molecular complexity index is 719. The lowest BCUT2D eigenvalue weighted by molar-refractivity contribution is 0.0694. The van der Waals surface area contributed by atoms with Crippen molar-refractivity contribution in [3.63, 3.8) is 0 Å². The predicted molar refractivity (Wildman–Crippen MR) is 84.3 cm³/mol. The average Bonchev–Trinajstić information content (AvgIpc) is 2.45. The quantitative estimate of drug-likeness (QED) is 0.500. The molecule has 0 amide bonds. The van der Waals surface area contributed by atoms with Crippen LogP contribution in [-0.4, -0.2) is 16.2 Å². The van der Waals surface area contributed by atoms with Crippen LogP contribution >= 0.6 is 0 Å². The van der Waals surface area contributed by atoms with E-state index in [0.29, 0.717) is 11.3 Å². The van der Waals surface area contributed by atoms with Crippen LogP contribution in [0.25, 0.3) is 0 Å². The zero-order valence-electron chi connectivity index (χ0n) is 12.7. The topological polar surface area (TPSA) is 110 Å². The number of carboxylic acids is 1. The number of aromatic carboxylic acids is 1. The van der Waals surface area contributed by atoms with E-state index in [1.54, 1.807) is 0 Å². The summed E-state index contributed by atoms with van der Waals surface area (Å²) in [6.45, 7) is 3.66. The molecule has 0 radical (unpaired) electrons. The van der Waals surface area contributed by atoms with Gasteiger partial charge in [-0.2, -0.15) is 0 Å². The number of anilines is 2. The van der Waals surface area contributed by atoms with Gasteiger partial charge in [-0.15, -0.1) is 0 Å². The Morgan fingerprint density at radius 2 is 1.70 bits per heavy atom. The molecule has 6 N–H and O–H groups in total. The first-order valence-electron chi connectivity index (χ1n) is 6.69. The van der Waals surface area contributed by atoms with Crippen LogP contribution in [-0.2, 0) is 0 Å². The second-order valence-electron chi connectivity index (χ2n) is 5.13. The van der Waals surface area contributed by atoms with E-state index in [1.165, 1.54) is 24.3 Å². The van der Waals surface area contributed by atoms with Crippen molar-refractivity contribution in [3.05, 3.63) is 53.1 Å². The number of benzene rings is 2. The molecule has 2 rings (SSSR count). The highest BCUT2D eigenvalue weighted by molar-refractivity contribution is 5.91. The number of hydrogen-bond acceptors (Lipinski definition) is 4. The third-order valence-electron chi connectivity index (χ3n) is 2.99. The molecular formula is C16H18F2N2O3. The largest absolute Gasteiger partial charge is 0.507 e. The average molecular weight is 324 g/mol. The summed E-state index contributed by atoms with van der Waals surface area (Å²) < 4.78 is 25.6. The fourth-order valence-electron chi connectivity index (χ4n) is 1.75. The van der Waals surface area contributed by atoms with Crippen molar-refractivity contribution in [2.24, 2.45) is 0 Å². The second-order valence-corrected chi connectivity index (χ2v) is 5.13. The molecule has 2 aromatic carbocycles. The van der Waals surface area contributed by atoms with Crippen molar-refractivity contribution in [1.29, 1.82) is 0 Å². The van der Waals surface area contributed by atoms with Crippen molar-refractivity contribution < 1.29 is 23.8 Å². The Balaban J connectivity index is 0.000000231. The van der Waals surface area contributed by atoms with Gasteiger partial charge < -0.3 is 21.7 Å². The molecule has 2 aromatic rings. The first kappa shape index (κ1) is 18.2. The van der Waals surface area contributed by atoms with Crippen molar-refractivity contribution >= 4 is 17.3 Å². The minimum Gasteiger partial charge on any atom is -0.507 e. The number of nitrogens with two attached hydrogens (primary N) is 2. The summed E-state index contributed by atoms with van der Waals surface area (Å²) in [5.41, 5.74) is 11.2. The minimum atomic E-state index is -1.19. The molecular weight excluding hydrogens is 306 g/mol. The zero-order valence-corrected chi connectivity index (χ0v) is 12.7. The lowest BCUT2D eigenvalue weighted by Gasteiger charge is -2.07. The number of phenols is 1. The van der Waals surface area contributed by atoms with Crippen LogP contribution in [0.5, 0.6) is 5.75 Å². The molecule has 23 heavy (non-hydrogen) atoms. The number of aromatic hydroxyl groups is 1.